The molecule has 132 valence electrons. The third-order valence-corrected chi connectivity index (χ3v) is 5.31. The number of hydrogen-bond donors (Lipinski definition) is 0. The third-order valence-electron chi connectivity index (χ3n) is 3.98. The summed E-state index contributed by atoms with van der Waals surface area (Å²) in [6.07, 6.45) is 0. The molecule has 2 aromatic carbocycles. The molecule has 2 aromatic rings. The second-order valence-electron chi connectivity index (χ2n) is 5.62. The highest BCUT2D eigenvalue weighted by Gasteiger charge is 2.19. The molecule has 1 amide bonds. The van der Waals surface area contributed by atoms with Crippen molar-refractivity contribution in [1.29, 1.82) is 0 Å². The summed E-state index contributed by atoms with van der Waals surface area (Å²) in [5.74, 6) is 0.946. The molecule has 0 unspecified atom stereocenters. The molecule has 0 saturated carbocycles. The molecule has 0 radical (unpaired) electrons. The Morgan fingerprint density at radius 3 is 2.68 bits per heavy atom. The van der Waals surface area contributed by atoms with Crippen molar-refractivity contribution in [2.24, 2.45) is 0 Å². The van der Waals surface area contributed by atoms with Gasteiger partial charge < -0.3 is 4.90 Å². The Morgan fingerprint density at radius 1 is 1.28 bits per heavy atom. The largest absolute Gasteiger partial charge is 0.338 e. The molecule has 0 aliphatic heterocycles. The predicted octanol–water partition coefficient (Wildman–Crippen LogP) is 4.70. The number of nitrogens with zero attached hydrogens (tertiary/aromatic N) is 2. The average molecular weight is 379 g/mol. The van der Waals surface area contributed by atoms with Crippen LogP contribution in [-0.4, -0.2) is 28.5 Å². The molecule has 7 heteroatoms. The highest BCUT2D eigenvalue weighted by Crippen LogP contribution is 2.25. The summed E-state index contributed by atoms with van der Waals surface area (Å²) in [6, 6.07) is 13.7. The molecule has 0 bridgehead atoms. The molecular formula is C18H19ClN2O3S. The van der Waals surface area contributed by atoms with Crippen LogP contribution in [0.15, 0.2) is 48.5 Å². The Kier molecular flexibility index (Phi) is 6.84. The molecule has 0 N–H and O–H groups in total. The molecule has 0 spiro atoms. The van der Waals surface area contributed by atoms with Gasteiger partial charge in [-0.2, -0.15) is 0 Å². The fourth-order valence-electron chi connectivity index (χ4n) is 2.30. The van der Waals surface area contributed by atoms with Crippen LogP contribution < -0.4 is 0 Å². The number of carbonyl (C=O) groups excluding carboxylic acids is 1. The van der Waals surface area contributed by atoms with Crippen LogP contribution in [0.5, 0.6) is 0 Å². The highest BCUT2D eigenvalue weighted by molar-refractivity contribution is 7.99. The van der Waals surface area contributed by atoms with Gasteiger partial charge in [-0.3, -0.25) is 14.9 Å². The van der Waals surface area contributed by atoms with Crippen molar-refractivity contribution in [2.75, 3.05) is 12.8 Å². The maximum atomic E-state index is 12.4. The van der Waals surface area contributed by atoms with Crippen LogP contribution in [0.25, 0.3) is 0 Å². The first kappa shape index (κ1) is 19.3. The lowest BCUT2D eigenvalue weighted by atomic mass is 10.1. The molecule has 0 aliphatic rings. The van der Waals surface area contributed by atoms with Gasteiger partial charge in [-0.25, -0.2) is 0 Å². The van der Waals surface area contributed by atoms with Crippen LogP contribution >= 0.6 is 23.4 Å². The Hall–Kier alpha value is -2.05. The Labute approximate surface area is 156 Å². The number of hydrogen-bond acceptors (Lipinski definition) is 4. The van der Waals surface area contributed by atoms with Crippen molar-refractivity contribution in [3.05, 3.63) is 74.8 Å². The van der Waals surface area contributed by atoms with E-state index in [4.69, 9.17) is 11.6 Å². The first-order chi connectivity index (χ1) is 11.9. The third kappa shape index (κ3) is 5.21. The quantitative estimate of drug-likeness (QED) is 0.517. The summed E-state index contributed by atoms with van der Waals surface area (Å²) < 4.78 is 0. The Morgan fingerprint density at radius 2 is 2.00 bits per heavy atom. The van der Waals surface area contributed by atoms with Crippen LogP contribution in [0.4, 0.5) is 5.69 Å². The van der Waals surface area contributed by atoms with E-state index in [0.29, 0.717) is 16.5 Å². The van der Waals surface area contributed by atoms with E-state index in [1.165, 1.54) is 23.9 Å². The fraction of sp³-hybridized carbons (Fsp3) is 0.278. The van der Waals surface area contributed by atoms with Crippen molar-refractivity contribution in [3.8, 4) is 0 Å². The van der Waals surface area contributed by atoms with E-state index in [0.717, 1.165) is 11.1 Å². The molecule has 25 heavy (non-hydrogen) atoms. The zero-order chi connectivity index (χ0) is 18.4. The summed E-state index contributed by atoms with van der Waals surface area (Å²) >= 11 is 7.60. The summed E-state index contributed by atoms with van der Waals surface area (Å²) in [5, 5.41) is 11.6. The van der Waals surface area contributed by atoms with Crippen LogP contribution in [-0.2, 0) is 10.5 Å². The number of carbonyl (C=O) groups is 1. The molecular weight excluding hydrogens is 360 g/mol. The normalized spacial score (nSPS) is 11.8. The zero-order valence-electron chi connectivity index (χ0n) is 14.0. The number of non-ortho nitro benzene ring substituents is 1. The second-order valence-corrected chi connectivity index (χ2v) is 7.01. The van der Waals surface area contributed by atoms with Gasteiger partial charge in [0.1, 0.15) is 0 Å². The van der Waals surface area contributed by atoms with Gasteiger partial charge in [-0.1, -0.05) is 41.9 Å². The summed E-state index contributed by atoms with van der Waals surface area (Å²) in [7, 11) is 1.71. The Bertz CT molecular complexity index is 769. The highest BCUT2D eigenvalue weighted by atomic mass is 35.5. The van der Waals surface area contributed by atoms with E-state index in [-0.39, 0.29) is 17.6 Å². The molecule has 0 fully saturated rings. The van der Waals surface area contributed by atoms with Gasteiger partial charge in [0.05, 0.1) is 16.7 Å². The average Bonchev–Trinajstić information content (AvgIpc) is 2.62. The smallest absolute Gasteiger partial charge is 0.269 e. The van der Waals surface area contributed by atoms with Crippen molar-refractivity contribution in [2.45, 2.75) is 18.7 Å². The Balaban J connectivity index is 1.94. The lowest BCUT2D eigenvalue weighted by molar-refractivity contribution is -0.384. The van der Waals surface area contributed by atoms with Crippen LogP contribution in [0, 0.1) is 10.1 Å². The summed E-state index contributed by atoms with van der Waals surface area (Å²) in [6.45, 7) is 1.86. The monoisotopic (exact) mass is 378 g/mol. The van der Waals surface area contributed by atoms with Crippen LogP contribution in [0.3, 0.4) is 0 Å². The van der Waals surface area contributed by atoms with Crippen molar-refractivity contribution in [3.63, 3.8) is 0 Å². The minimum absolute atomic E-state index is 0.0262. The maximum Gasteiger partial charge on any atom is 0.269 e. The standard InChI is InChI=1S/C18H19ClN2O3S/c1-13(14-7-5-8-16(10-14)21(23)24)20(2)18(22)12-25-11-15-6-3-4-9-17(15)19/h3-10,13H,11-12H2,1-2H3/t13-/m0/s1. The van der Waals surface area contributed by atoms with Gasteiger partial charge in [0, 0.05) is 30.0 Å². The predicted molar refractivity (Wildman–Crippen MR) is 102 cm³/mol. The van der Waals surface area contributed by atoms with Gasteiger partial charge >= 0.3 is 0 Å². The van der Waals surface area contributed by atoms with E-state index in [1.54, 1.807) is 24.1 Å². The molecule has 0 heterocycles. The second kappa shape index (κ2) is 8.87. The number of thioether (sulfide) groups is 1. The van der Waals surface area contributed by atoms with Crippen molar-refractivity contribution in [1.82, 2.24) is 4.90 Å². The van der Waals surface area contributed by atoms with Gasteiger partial charge in [0.25, 0.3) is 5.69 Å². The number of rotatable bonds is 7. The van der Waals surface area contributed by atoms with E-state index >= 15 is 0 Å². The van der Waals surface area contributed by atoms with Crippen LogP contribution in [0.1, 0.15) is 24.1 Å². The van der Waals surface area contributed by atoms with Gasteiger partial charge in [-0.05, 0) is 24.1 Å². The minimum atomic E-state index is -0.433. The number of amides is 1. The number of halogens is 1. The van der Waals surface area contributed by atoms with E-state index in [1.807, 2.05) is 31.2 Å². The number of nitro benzene ring substituents is 1. The molecule has 1 atom stereocenters. The molecule has 0 aromatic heterocycles. The summed E-state index contributed by atoms with van der Waals surface area (Å²) in [5.41, 5.74) is 1.76. The number of benzene rings is 2. The molecule has 2 rings (SSSR count). The van der Waals surface area contributed by atoms with Gasteiger partial charge in [0.15, 0.2) is 0 Å². The maximum absolute atomic E-state index is 12.4. The van der Waals surface area contributed by atoms with Gasteiger partial charge in [-0.15, -0.1) is 11.8 Å². The molecule has 5 nitrogen and oxygen atoms in total. The fourth-order valence-corrected chi connectivity index (χ4v) is 3.54. The van der Waals surface area contributed by atoms with E-state index < -0.39 is 4.92 Å². The molecule has 0 aliphatic carbocycles. The number of nitro groups is 1. The zero-order valence-corrected chi connectivity index (χ0v) is 15.6. The van der Waals surface area contributed by atoms with Gasteiger partial charge in [0.2, 0.25) is 5.91 Å². The van der Waals surface area contributed by atoms with E-state index in [2.05, 4.69) is 0 Å². The SMILES string of the molecule is C[C@@H](c1cccc([N+](=O)[O-])c1)N(C)C(=O)CSCc1ccccc1Cl. The summed E-state index contributed by atoms with van der Waals surface area (Å²) in [4.78, 5) is 24.5. The van der Waals surface area contributed by atoms with Crippen LogP contribution in [0.2, 0.25) is 5.02 Å². The topological polar surface area (TPSA) is 63.5 Å². The lowest BCUT2D eigenvalue weighted by Crippen LogP contribution is -2.31. The lowest BCUT2D eigenvalue weighted by Gasteiger charge is -2.25. The minimum Gasteiger partial charge on any atom is -0.338 e. The van der Waals surface area contributed by atoms with Crippen molar-refractivity contribution < 1.29 is 9.72 Å². The first-order valence-corrected chi connectivity index (χ1v) is 9.24. The first-order valence-electron chi connectivity index (χ1n) is 7.71. The van der Waals surface area contributed by atoms with Crippen molar-refractivity contribution >= 4 is 35.0 Å². The molecule has 0 saturated heterocycles. The van der Waals surface area contributed by atoms with E-state index in [9.17, 15) is 14.9 Å².